The molecule has 28 heavy (non-hydrogen) atoms. The summed E-state index contributed by atoms with van der Waals surface area (Å²) in [7, 11) is 2.06. The van der Waals surface area contributed by atoms with Crippen molar-refractivity contribution in [3.63, 3.8) is 0 Å². The SMILES string of the molecule is Cc1oc2cc3oc(=O)c(CCC(=O)N4CCN(C)CC4)c(C)c3cc2c1C. The molecule has 6 nitrogen and oxygen atoms in total. The molecule has 0 atom stereocenters. The van der Waals surface area contributed by atoms with Crippen LogP contribution >= 0.6 is 0 Å². The van der Waals surface area contributed by atoms with Crippen molar-refractivity contribution in [3.8, 4) is 0 Å². The third-order valence-electron chi connectivity index (χ3n) is 6.03. The van der Waals surface area contributed by atoms with Gasteiger partial charge in [-0.05, 0) is 51.4 Å². The van der Waals surface area contributed by atoms with Gasteiger partial charge in [-0.1, -0.05) is 0 Å². The van der Waals surface area contributed by atoms with E-state index >= 15 is 0 Å². The van der Waals surface area contributed by atoms with Crippen LogP contribution in [0.4, 0.5) is 0 Å². The fraction of sp³-hybridized carbons (Fsp3) is 0.455. The topological polar surface area (TPSA) is 66.9 Å². The van der Waals surface area contributed by atoms with Gasteiger partial charge in [0.25, 0.3) is 0 Å². The summed E-state index contributed by atoms with van der Waals surface area (Å²) < 4.78 is 11.3. The molecule has 6 heteroatoms. The predicted molar refractivity (Wildman–Crippen MR) is 109 cm³/mol. The number of nitrogens with zero attached hydrogens (tertiary/aromatic N) is 2. The lowest BCUT2D eigenvalue weighted by Crippen LogP contribution is -2.47. The summed E-state index contributed by atoms with van der Waals surface area (Å²) in [6, 6.07) is 3.82. The van der Waals surface area contributed by atoms with Crippen LogP contribution in [0.1, 0.15) is 28.9 Å². The number of furan rings is 1. The van der Waals surface area contributed by atoms with Gasteiger partial charge in [0.2, 0.25) is 5.91 Å². The van der Waals surface area contributed by atoms with Crippen LogP contribution in [0, 0.1) is 20.8 Å². The Morgan fingerprint density at radius 2 is 1.61 bits per heavy atom. The standard InChI is InChI=1S/C22H26N2O4/c1-13-15(3)27-19-12-20-18(11-17(13)19)14(2)16(22(26)28-20)5-6-21(25)24-9-7-23(4)8-10-24/h11-12H,5-10H2,1-4H3. The summed E-state index contributed by atoms with van der Waals surface area (Å²) in [6.45, 7) is 9.17. The Labute approximate surface area is 163 Å². The van der Waals surface area contributed by atoms with E-state index in [1.807, 2.05) is 31.7 Å². The van der Waals surface area contributed by atoms with E-state index in [1.165, 1.54) is 0 Å². The number of fused-ring (bicyclic) bond motifs is 2. The molecule has 4 rings (SSSR count). The van der Waals surface area contributed by atoms with Gasteiger partial charge in [-0.2, -0.15) is 0 Å². The van der Waals surface area contributed by atoms with Crippen LogP contribution in [0.25, 0.3) is 21.9 Å². The molecule has 1 aromatic carbocycles. The first kappa shape index (κ1) is 18.7. The number of carbonyl (C=O) groups excluding carboxylic acids is 1. The molecule has 0 spiro atoms. The van der Waals surface area contributed by atoms with Crippen molar-refractivity contribution < 1.29 is 13.6 Å². The Hall–Kier alpha value is -2.60. The van der Waals surface area contributed by atoms with Crippen LogP contribution in [-0.4, -0.2) is 48.9 Å². The van der Waals surface area contributed by atoms with Gasteiger partial charge in [0.1, 0.15) is 16.9 Å². The molecule has 1 aliphatic heterocycles. The molecular formula is C22H26N2O4. The summed E-state index contributed by atoms with van der Waals surface area (Å²) >= 11 is 0. The van der Waals surface area contributed by atoms with Crippen molar-refractivity contribution in [2.24, 2.45) is 0 Å². The Kier molecular flexibility index (Phi) is 4.75. The average Bonchev–Trinajstić information content (AvgIpc) is 2.94. The maximum Gasteiger partial charge on any atom is 0.339 e. The molecule has 1 saturated heterocycles. The number of piperazine rings is 1. The minimum absolute atomic E-state index is 0.101. The predicted octanol–water partition coefficient (Wildman–Crippen LogP) is 3.17. The zero-order valence-electron chi connectivity index (χ0n) is 16.9. The zero-order chi connectivity index (χ0) is 20.0. The minimum Gasteiger partial charge on any atom is -0.461 e. The number of hydrogen-bond acceptors (Lipinski definition) is 5. The third-order valence-corrected chi connectivity index (χ3v) is 6.03. The van der Waals surface area contributed by atoms with E-state index in [4.69, 9.17) is 8.83 Å². The lowest BCUT2D eigenvalue weighted by Gasteiger charge is -2.32. The van der Waals surface area contributed by atoms with Crippen LogP contribution in [0.2, 0.25) is 0 Å². The van der Waals surface area contributed by atoms with Gasteiger partial charge in [-0.15, -0.1) is 0 Å². The lowest BCUT2D eigenvalue weighted by atomic mass is 10.00. The van der Waals surface area contributed by atoms with Crippen molar-refractivity contribution in [2.75, 3.05) is 33.2 Å². The molecule has 1 amide bonds. The molecule has 1 fully saturated rings. The zero-order valence-corrected chi connectivity index (χ0v) is 16.9. The van der Waals surface area contributed by atoms with Crippen LogP contribution in [0.3, 0.4) is 0 Å². The van der Waals surface area contributed by atoms with Crippen molar-refractivity contribution in [2.45, 2.75) is 33.6 Å². The summed E-state index contributed by atoms with van der Waals surface area (Å²) in [5.74, 6) is 0.965. The molecule has 2 aromatic heterocycles. The van der Waals surface area contributed by atoms with Crippen molar-refractivity contribution in [3.05, 3.63) is 45.0 Å². The van der Waals surface area contributed by atoms with Gasteiger partial charge in [-0.25, -0.2) is 4.79 Å². The van der Waals surface area contributed by atoms with Gasteiger partial charge in [-0.3, -0.25) is 4.79 Å². The van der Waals surface area contributed by atoms with Crippen LogP contribution < -0.4 is 5.63 Å². The Bertz CT molecular complexity index is 1120. The fourth-order valence-electron chi connectivity index (χ4n) is 3.96. The molecular weight excluding hydrogens is 356 g/mol. The largest absolute Gasteiger partial charge is 0.461 e. The molecule has 0 bridgehead atoms. The fourth-order valence-corrected chi connectivity index (χ4v) is 3.96. The molecule has 0 radical (unpaired) electrons. The Balaban J connectivity index is 1.63. The summed E-state index contributed by atoms with van der Waals surface area (Å²) in [5, 5.41) is 1.93. The van der Waals surface area contributed by atoms with Gasteiger partial charge in [0, 0.05) is 55.0 Å². The van der Waals surface area contributed by atoms with Crippen LogP contribution in [0.5, 0.6) is 0 Å². The molecule has 0 aliphatic carbocycles. The van der Waals surface area contributed by atoms with Gasteiger partial charge < -0.3 is 18.6 Å². The first-order chi connectivity index (χ1) is 13.3. The summed E-state index contributed by atoms with van der Waals surface area (Å²) in [5.41, 5.74) is 3.45. The first-order valence-corrected chi connectivity index (χ1v) is 9.77. The van der Waals surface area contributed by atoms with Crippen molar-refractivity contribution in [1.29, 1.82) is 0 Å². The number of aryl methyl sites for hydroxylation is 3. The third kappa shape index (κ3) is 3.22. The van der Waals surface area contributed by atoms with Crippen molar-refractivity contribution in [1.82, 2.24) is 9.80 Å². The van der Waals surface area contributed by atoms with E-state index in [0.29, 0.717) is 24.0 Å². The van der Waals surface area contributed by atoms with E-state index in [2.05, 4.69) is 11.9 Å². The first-order valence-electron chi connectivity index (χ1n) is 9.77. The van der Waals surface area contributed by atoms with Gasteiger partial charge in [0.15, 0.2) is 0 Å². The smallest absolute Gasteiger partial charge is 0.339 e. The van der Waals surface area contributed by atoms with E-state index < -0.39 is 0 Å². The normalized spacial score (nSPS) is 15.6. The minimum atomic E-state index is -0.365. The number of rotatable bonds is 3. The number of likely N-dealkylation sites (N-methyl/N-ethyl adjacent to an activating group) is 1. The van der Waals surface area contributed by atoms with E-state index in [1.54, 1.807) is 6.07 Å². The van der Waals surface area contributed by atoms with E-state index in [0.717, 1.165) is 59.4 Å². The van der Waals surface area contributed by atoms with Crippen molar-refractivity contribution >= 4 is 27.8 Å². The van der Waals surface area contributed by atoms with Crippen LogP contribution in [-0.2, 0) is 11.2 Å². The highest BCUT2D eigenvalue weighted by Gasteiger charge is 2.21. The molecule has 0 unspecified atom stereocenters. The molecule has 3 aromatic rings. The summed E-state index contributed by atoms with van der Waals surface area (Å²) in [6.07, 6.45) is 0.726. The highest BCUT2D eigenvalue weighted by Crippen LogP contribution is 2.31. The van der Waals surface area contributed by atoms with E-state index in [-0.39, 0.29) is 11.5 Å². The van der Waals surface area contributed by atoms with Gasteiger partial charge in [0.05, 0.1) is 0 Å². The average molecular weight is 382 g/mol. The van der Waals surface area contributed by atoms with Gasteiger partial charge >= 0.3 is 5.63 Å². The number of hydrogen-bond donors (Lipinski definition) is 0. The highest BCUT2D eigenvalue weighted by molar-refractivity contribution is 5.96. The monoisotopic (exact) mass is 382 g/mol. The second kappa shape index (κ2) is 7.09. The summed E-state index contributed by atoms with van der Waals surface area (Å²) in [4.78, 5) is 29.2. The lowest BCUT2D eigenvalue weighted by molar-refractivity contribution is -0.132. The number of amides is 1. The molecule has 0 N–H and O–H groups in total. The molecule has 0 saturated carbocycles. The van der Waals surface area contributed by atoms with E-state index in [9.17, 15) is 9.59 Å². The quantitative estimate of drug-likeness (QED) is 0.651. The second-order valence-electron chi connectivity index (χ2n) is 7.80. The Morgan fingerprint density at radius 1 is 0.964 bits per heavy atom. The Morgan fingerprint density at radius 3 is 2.32 bits per heavy atom. The van der Waals surface area contributed by atoms with Crippen LogP contribution in [0.15, 0.2) is 25.8 Å². The molecule has 148 valence electrons. The highest BCUT2D eigenvalue weighted by atomic mass is 16.4. The molecule has 3 heterocycles. The maximum atomic E-state index is 12.6. The molecule has 1 aliphatic rings. The number of carbonyl (C=O) groups is 1. The number of benzene rings is 1. The maximum absolute atomic E-state index is 12.6. The second-order valence-corrected chi connectivity index (χ2v) is 7.80.